The van der Waals surface area contributed by atoms with Crippen LogP contribution in [0.1, 0.15) is 31.2 Å². The minimum atomic E-state index is -0.327. The molecule has 186 valence electrons. The smallest absolute Gasteiger partial charge is 0.325 e. The van der Waals surface area contributed by atoms with Gasteiger partial charge >= 0.3 is 12.0 Å². The molecule has 5 rings (SSSR count). The summed E-state index contributed by atoms with van der Waals surface area (Å²) in [6.45, 7) is 4.37. The molecule has 4 fully saturated rings. The minimum absolute atomic E-state index is 0.0172. The van der Waals surface area contributed by atoms with Crippen molar-refractivity contribution in [2.75, 3.05) is 66.8 Å². The van der Waals surface area contributed by atoms with E-state index in [0.717, 1.165) is 25.7 Å². The molecule has 3 aliphatic heterocycles. The third-order valence-corrected chi connectivity index (χ3v) is 8.39. The summed E-state index contributed by atoms with van der Waals surface area (Å²) in [5.74, 6) is 0.336. The van der Waals surface area contributed by atoms with Gasteiger partial charge < -0.3 is 24.0 Å². The first kappa shape index (κ1) is 23.6. The van der Waals surface area contributed by atoms with Crippen LogP contribution in [0.2, 0.25) is 0 Å². The first-order valence-electron chi connectivity index (χ1n) is 12.5. The summed E-state index contributed by atoms with van der Waals surface area (Å²) in [5.41, 5.74) is 1.04. The molecule has 2 amide bonds. The van der Waals surface area contributed by atoms with E-state index in [1.165, 1.54) is 5.56 Å². The maximum Gasteiger partial charge on any atom is 0.325 e. The van der Waals surface area contributed by atoms with Gasteiger partial charge in [-0.1, -0.05) is 30.3 Å². The van der Waals surface area contributed by atoms with Crippen LogP contribution in [0, 0.1) is 11.8 Å². The number of urea groups is 1. The van der Waals surface area contributed by atoms with E-state index in [-0.39, 0.29) is 35.5 Å². The second-order valence-corrected chi connectivity index (χ2v) is 10.8. The Morgan fingerprint density at radius 3 is 2.24 bits per heavy atom. The molecule has 0 aromatic heterocycles. The molecular weight excluding hydrogens is 434 g/mol. The molecule has 0 radical (unpaired) electrons. The van der Waals surface area contributed by atoms with Crippen LogP contribution in [0.5, 0.6) is 0 Å². The van der Waals surface area contributed by atoms with Crippen LogP contribution >= 0.6 is 0 Å². The van der Waals surface area contributed by atoms with Gasteiger partial charge in [0.1, 0.15) is 6.54 Å². The number of rotatable bonds is 8. The molecule has 0 atom stereocenters. The van der Waals surface area contributed by atoms with Gasteiger partial charge in [-0.25, -0.2) is 4.79 Å². The van der Waals surface area contributed by atoms with Crippen LogP contribution < -0.4 is 0 Å². The Labute approximate surface area is 202 Å². The lowest BCUT2D eigenvalue weighted by molar-refractivity contribution is -0.151. The minimum Gasteiger partial charge on any atom is -0.464 e. The zero-order valence-corrected chi connectivity index (χ0v) is 20.4. The predicted octanol–water partition coefficient (Wildman–Crippen LogP) is 2.33. The van der Waals surface area contributed by atoms with Crippen LogP contribution in [0.3, 0.4) is 0 Å². The standard InChI is InChI=1S/C26H37N3O5/c1-27(2)26(22-6-4-3-5-7-22)10-8-25(9-11-26)19-28(13-23(30)34-18-21-16-33-17-21)24(31)29(25)12-20-14-32-15-20/h3-7,20-21H,8-19H2,1-2H3. The monoisotopic (exact) mass is 471 g/mol. The number of amides is 2. The van der Waals surface area contributed by atoms with Crippen LogP contribution in [0.25, 0.3) is 0 Å². The number of carbonyl (C=O) groups is 2. The number of ether oxygens (including phenoxy) is 3. The predicted molar refractivity (Wildman–Crippen MR) is 126 cm³/mol. The Balaban J connectivity index is 1.31. The largest absolute Gasteiger partial charge is 0.464 e. The van der Waals surface area contributed by atoms with Gasteiger partial charge in [0.05, 0.1) is 38.6 Å². The van der Waals surface area contributed by atoms with E-state index >= 15 is 0 Å². The van der Waals surface area contributed by atoms with E-state index in [1.54, 1.807) is 4.90 Å². The van der Waals surface area contributed by atoms with E-state index in [9.17, 15) is 9.59 Å². The van der Waals surface area contributed by atoms with Crippen molar-refractivity contribution in [2.45, 2.75) is 36.8 Å². The lowest BCUT2D eigenvalue weighted by Crippen LogP contribution is -2.57. The van der Waals surface area contributed by atoms with Crippen molar-refractivity contribution in [3.63, 3.8) is 0 Å². The first-order valence-corrected chi connectivity index (χ1v) is 12.5. The zero-order valence-electron chi connectivity index (χ0n) is 20.4. The van der Waals surface area contributed by atoms with Gasteiger partial charge in [0.15, 0.2) is 0 Å². The van der Waals surface area contributed by atoms with E-state index < -0.39 is 0 Å². The van der Waals surface area contributed by atoms with Gasteiger partial charge in [0, 0.05) is 30.5 Å². The van der Waals surface area contributed by atoms with Crippen LogP contribution in [0.15, 0.2) is 30.3 Å². The van der Waals surface area contributed by atoms with Gasteiger partial charge in [-0.3, -0.25) is 9.69 Å². The van der Waals surface area contributed by atoms with Crippen molar-refractivity contribution >= 4 is 12.0 Å². The molecule has 0 bridgehead atoms. The average Bonchev–Trinajstić information content (AvgIpc) is 3.01. The zero-order chi connectivity index (χ0) is 23.8. The molecule has 4 aliphatic rings. The molecule has 3 heterocycles. The molecule has 3 saturated heterocycles. The molecular formula is C26H37N3O5. The van der Waals surface area contributed by atoms with E-state index in [2.05, 4.69) is 54.2 Å². The molecule has 8 nitrogen and oxygen atoms in total. The number of carbonyl (C=O) groups excluding carboxylic acids is 2. The number of benzene rings is 1. The third-order valence-electron chi connectivity index (χ3n) is 8.39. The highest BCUT2D eigenvalue weighted by Gasteiger charge is 2.55. The van der Waals surface area contributed by atoms with Crippen molar-refractivity contribution in [2.24, 2.45) is 11.8 Å². The molecule has 0 N–H and O–H groups in total. The molecule has 1 aromatic rings. The topological polar surface area (TPSA) is 71.6 Å². The second kappa shape index (κ2) is 9.47. The van der Waals surface area contributed by atoms with Crippen molar-refractivity contribution in [3.05, 3.63) is 35.9 Å². The van der Waals surface area contributed by atoms with E-state index in [1.807, 2.05) is 0 Å². The SMILES string of the molecule is CN(C)C1(c2ccccc2)CCC2(CC1)CN(CC(=O)OCC1COC1)C(=O)N2CC1COC1. The maximum atomic E-state index is 13.5. The Hall–Kier alpha value is -2.16. The molecule has 1 saturated carbocycles. The molecule has 0 unspecified atom stereocenters. The Bertz CT molecular complexity index is 876. The van der Waals surface area contributed by atoms with Crippen LogP contribution in [-0.4, -0.2) is 99.0 Å². The number of nitrogens with zero attached hydrogens (tertiary/aromatic N) is 3. The van der Waals surface area contributed by atoms with Gasteiger partial charge in [-0.2, -0.15) is 0 Å². The quantitative estimate of drug-likeness (QED) is 0.542. The van der Waals surface area contributed by atoms with Crippen LogP contribution in [-0.2, 0) is 24.5 Å². The van der Waals surface area contributed by atoms with E-state index in [0.29, 0.717) is 52.0 Å². The van der Waals surface area contributed by atoms with Crippen molar-refractivity contribution in [3.8, 4) is 0 Å². The third kappa shape index (κ3) is 4.32. The summed E-state index contributed by atoms with van der Waals surface area (Å²) in [4.78, 5) is 32.2. The van der Waals surface area contributed by atoms with Gasteiger partial charge in [0.2, 0.25) is 0 Å². The highest BCUT2D eigenvalue weighted by atomic mass is 16.5. The maximum absolute atomic E-state index is 13.5. The second-order valence-electron chi connectivity index (χ2n) is 10.8. The fourth-order valence-electron chi connectivity index (χ4n) is 6.02. The number of hydrogen-bond acceptors (Lipinski definition) is 6. The highest BCUT2D eigenvalue weighted by molar-refractivity contribution is 5.83. The summed E-state index contributed by atoms with van der Waals surface area (Å²) in [6, 6.07) is 10.7. The fraction of sp³-hybridized carbons (Fsp3) is 0.692. The molecule has 1 spiro atoms. The normalized spacial score (nSPS) is 30.0. The van der Waals surface area contributed by atoms with Crippen molar-refractivity contribution in [1.29, 1.82) is 0 Å². The summed E-state index contributed by atoms with van der Waals surface area (Å²) in [5, 5.41) is 0. The van der Waals surface area contributed by atoms with Gasteiger partial charge in [-0.15, -0.1) is 0 Å². The lowest BCUT2D eigenvalue weighted by Gasteiger charge is -2.51. The molecule has 34 heavy (non-hydrogen) atoms. The first-order chi connectivity index (χ1) is 16.4. The van der Waals surface area contributed by atoms with Crippen LogP contribution in [0.4, 0.5) is 4.79 Å². The Kier molecular flexibility index (Phi) is 6.57. The van der Waals surface area contributed by atoms with Gasteiger partial charge in [-0.05, 0) is 45.3 Å². The molecule has 1 aromatic carbocycles. The van der Waals surface area contributed by atoms with Gasteiger partial charge in [0.25, 0.3) is 0 Å². The summed E-state index contributed by atoms with van der Waals surface area (Å²) >= 11 is 0. The lowest BCUT2D eigenvalue weighted by atomic mass is 9.68. The number of hydrogen-bond donors (Lipinski definition) is 0. The Morgan fingerprint density at radius 1 is 1.03 bits per heavy atom. The van der Waals surface area contributed by atoms with Crippen molar-refractivity contribution in [1.82, 2.24) is 14.7 Å². The summed E-state index contributed by atoms with van der Waals surface area (Å²) in [7, 11) is 4.31. The average molecular weight is 472 g/mol. The van der Waals surface area contributed by atoms with Crippen molar-refractivity contribution < 1.29 is 23.8 Å². The molecule has 1 aliphatic carbocycles. The summed E-state index contributed by atoms with van der Waals surface area (Å²) < 4.78 is 16.0. The number of esters is 1. The fourth-order valence-corrected chi connectivity index (χ4v) is 6.02. The van der Waals surface area contributed by atoms with E-state index in [4.69, 9.17) is 14.2 Å². The Morgan fingerprint density at radius 2 is 1.68 bits per heavy atom. The summed E-state index contributed by atoms with van der Waals surface area (Å²) in [6.07, 6.45) is 3.75. The molecule has 8 heteroatoms. The highest BCUT2D eigenvalue weighted by Crippen LogP contribution is 2.49.